The third-order valence-electron chi connectivity index (χ3n) is 2.76. The van der Waals surface area contributed by atoms with Gasteiger partial charge in [0.1, 0.15) is 5.69 Å². The first-order chi connectivity index (χ1) is 8.48. The lowest BCUT2D eigenvalue weighted by Gasteiger charge is -2.22. The first kappa shape index (κ1) is 14.6. The highest BCUT2D eigenvalue weighted by atomic mass is 16.5. The van der Waals surface area contributed by atoms with Crippen molar-refractivity contribution in [1.82, 2.24) is 4.98 Å². The Morgan fingerprint density at radius 3 is 2.67 bits per heavy atom. The number of ether oxygens (including phenoxy) is 2. The van der Waals surface area contributed by atoms with Gasteiger partial charge in [0, 0.05) is 26.3 Å². The van der Waals surface area contributed by atoms with Crippen LogP contribution in [0.5, 0.6) is 0 Å². The molecule has 1 aromatic heterocycles. The highest BCUT2D eigenvalue weighted by molar-refractivity contribution is 5.87. The van der Waals surface area contributed by atoms with E-state index in [1.807, 2.05) is 13.8 Å². The quantitative estimate of drug-likeness (QED) is 0.777. The van der Waals surface area contributed by atoms with Crippen molar-refractivity contribution >= 4 is 5.97 Å². The molecule has 18 heavy (non-hydrogen) atoms. The van der Waals surface area contributed by atoms with Gasteiger partial charge in [-0.05, 0) is 25.5 Å². The van der Waals surface area contributed by atoms with Crippen LogP contribution in [0.1, 0.15) is 36.3 Å². The van der Waals surface area contributed by atoms with Crippen LogP contribution in [0.4, 0.5) is 0 Å². The molecule has 0 bridgehead atoms. The molecule has 0 saturated carbocycles. The predicted octanol–water partition coefficient (Wildman–Crippen LogP) is 1.51. The maximum atomic E-state index is 11.7. The number of methoxy groups -OCH3 is 1. The van der Waals surface area contributed by atoms with Crippen LogP contribution in [0.2, 0.25) is 0 Å². The molecule has 0 aliphatic rings. The molecule has 0 fully saturated rings. The second kappa shape index (κ2) is 6.47. The molecule has 2 N–H and O–H groups in total. The molecule has 0 aliphatic heterocycles. The second-order valence-electron chi connectivity index (χ2n) is 4.61. The van der Waals surface area contributed by atoms with Gasteiger partial charge < -0.3 is 15.2 Å². The van der Waals surface area contributed by atoms with Crippen LogP contribution >= 0.6 is 0 Å². The summed E-state index contributed by atoms with van der Waals surface area (Å²) in [5, 5.41) is 0. The molecule has 0 unspecified atom stereocenters. The molecule has 1 aromatic rings. The van der Waals surface area contributed by atoms with Crippen LogP contribution in [-0.2, 0) is 16.0 Å². The molecule has 0 saturated heterocycles. The Morgan fingerprint density at radius 2 is 2.17 bits per heavy atom. The van der Waals surface area contributed by atoms with Crippen LogP contribution in [0.15, 0.2) is 18.3 Å². The second-order valence-corrected chi connectivity index (χ2v) is 4.61. The molecule has 0 aliphatic carbocycles. The Morgan fingerprint density at radius 1 is 1.44 bits per heavy atom. The topological polar surface area (TPSA) is 74.4 Å². The van der Waals surface area contributed by atoms with Crippen molar-refractivity contribution in [3.05, 3.63) is 29.6 Å². The molecule has 0 spiro atoms. The fraction of sp³-hybridized carbons (Fsp3) is 0.538. The van der Waals surface area contributed by atoms with Gasteiger partial charge in [0.15, 0.2) is 0 Å². The van der Waals surface area contributed by atoms with E-state index in [2.05, 4.69) is 4.98 Å². The zero-order valence-corrected chi connectivity index (χ0v) is 11.1. The lowest BCUT2D eigenvalue weighted by atomic mass is 10.1. The fourth-order valence-corrected chi connectivity index (χ4v) is 1.23. The average molecular weight is 252 g/mol. The average Bonchev–Trinajstić information content (AvgIpc) is 2.38. The predicted molar refractivity (Wildman–Crippen MR) is 68.1 cm³/mol. The maximum absolute atomic E-state index is 11.7. The molecular weight excluding hydrogens is 232 g/mol. The number of nitrogens with two attached hydrogens (primary N) is 1. The number of carbonyl (C=O) groups excluding carboxylic acids is 1. The number of nitrogens with zero attached hydrogens (tertiary/aromatic N) is 1. The monoisotopic (exact) mass is 252 g/mol. The van der Waals surface area contributed by atoms with Crippen LogP contribution in [0.3, 0.4) is 0 Å². The molecule has 0 aromatic carbocycles. The van der Waals surface area contributed by atoms with Crippen molar-refractivity contribution in [3.8, 4) is 0 Å². The largest absolute Gasteiger partial charge is 0.461 e. The molecule has 100 valence electrons. The summed E-state index contributed by atoms with van der Waals surface area (Å²) in [6.07, 6.45) is 2.21. The summed E-state index contributed by atoms with van der Waals surface area (Å²) >= 11 is 0. The van der Waals surface area contributed by atoms with Crippen molar-refractivity contribution in [2.45, 2.75) is 32.4 Å². The Kier molecular flexibility index (Phi) is 5.25. The molecule has 5 heteroatoms. The number of hydrogen-bond acceptors (Lipinski definition) is 5. The highest BCUT2D eigenvalue weighted by Gasteiger charge is 2.17. The minimum atomic E-state index is -0.425. The van der Waals surface area contributed by atoms with Gasteiger partial charge in [-0.2, -0.15) is 0 Å². The Hall–Kier alpha value is -1.46. The van der Waals surface area contributed by atoms with E-state index in [0.717, 1.165) is 5.56 Å². The molecule has 0 atom stereocenters. The number of esters is 1. The summed E-state index contributed by atoms with van der Waals surface area (Å²) in [5.74, 6) is -0.425. The van der Waals surface area contributed by atoms with E-state index in [0.29, 0.717) is 25.3 Å². The summed E-state index contributed by atoms with van der Waals surface area (Å²) in [7, 11) is 1.63. The van der Waals surface area contributed by atoms with Gasteiger partial charge >= 0.3 is 5.97 Å². The molecule has 1 rings (SSSR count). The van der Waals surface area contributed by atoms with Gasteiger partial charge in [-0.3, -0.25) is 0 Å². The minimum Gasteiger partial charge on any atom is -0.461 e. The number of pyridine rings is 1. The van der Waals surface area contributed by atoms with E-state index in [4.69, 9.17) is 15.2 Å². The molecule has 1 heterocycles. The lowest BCUT2D eigenvalue weighted by molar-refractivity contribution is -0.00580. The Bertz CT molecular complexity index is 388. The number of hydrogen-bond donors (Lipinski definition) is 1. The molecule has 0 amide bonds. The Labute approximate surface area is 107 Å². The first-order valence-corrected chi connectivity index (χ1v) is 5.86. The van der Waals surface area contributed by atoms with Gasteiger partial charge in [0.25, 0.3) is 0 Å². The van der Waals surface area contributed by atoms with Gasteiger partial charge in [0.05, 0.1) is 12.2 Å². The van der Waals surface area contributed by atoms with Gasteiger partial charge in [-0.25, -0.2) is 9.78 Å². The van der Waals surface area contributed by atoms with Crippen LogP contribution in [-0.4, -0.2) is 30.3 Å². The lowest BCUT2D eigenvalue weighted by Crippen LogP contribution is -2.25. The van der Waals surface area contributed by atoms with Crippen LogP contribution in [0, 0.1) is 0 Å². The third kappa shape index (κ3) is 4.43. The summed E-state index contributed by atoms with van der Waals surface area (Å²) in [6.45, 7) is 4.59. The van der Waals surface area contributed by atoms with E-state index in [9.17, 15) is 4.79 Å². The normalized spacial score (nSPS) is 11.3. The standard InChI is InChI=1S/C13H20N2O3/c1-13(2,17-3)6-7-18-12(16)11-5-4-10(8-14)9-15-11/h4-5,9H,6-8,14H2,1-3H3. The van der Waals surface area contributed by atoms with E-state index < -0.39 is 5.97 Å². The summed E-state index contributed by atoms with van der Waals surface area (Å²) < 4.78 is 10.4. The van der Waals surface area contributed by atoms with Crippen molar-refractivity contribution < 1.29 is 14.3 Å². The smallest absolute Gasteiger partial charge is 0.356 e. The zero-order valence-electron chi connectivity index (χ0n) is 11.1. The Balaban J connectivity index is 2.45. The van der Waals surface area contributed by atoms with Crippen molar-refractivity contribution in [3.63, 3.8) is 0 Å². The summed E-state index contributed by atoms with van der Waals surface area (Å²) in [5.41, 5.74) is 6.33. The summed E-state index contributed by atoms with van der Waals surface area (Å²) in [4.78, 5) is 15.7. The van der Waals surface area contributed by atoms with Gasteiger partial charge in [-0.1, -0.05) is 6.07 Å². The third-order valence-corrected chi connectivity index (χ3v) is 2.76. The van der Waals surface area contributed by atoms with Crippen molar-refractivity contribution in [1.29, 1.82) is 0 Å². The minimum absolute atomic E-state index is 0.294. The van der Waals surface area contributed by atoms with Crippen molar-refractivity contribution in [2.24, 2.45) is 5.73 Å². The molecular formula is C13H20N2O3. The van der Waals surface area contributed by atoms with Gasteiger partial charge in [0.2, 0.25) is 0 Å². The zero-order chi connectivity index (χ0) is 13.6. The van der Waals surface area contributed by atoms with Gasteiger partial charge in [-0.15, -0.1) is 0 Å². The van der Waals surface area contributed by atoms with Crippen LogP contribution in [0.25, 0.3) is 0 Å². The number of aromatic nitrogens is 1. The van der Waals surface area contributed by atoms with E-state index in [-0.39, 0.29) is 5.60 Å². The van der Waals surface area contributed by atoms with E-state index >= 15 is 0 Å². The summed E-state index contributed by atoms with van der Waals surface area (Å²) in [6, 6.07) is 3.38. The van der Waals surface area contributed by atoms with E-state index in [1.54, 1.807) is 25.4 Å². The number of carbonyl (C=O) groups is 1. The van der Waals surface area contributed by atoms with Crippen LogP contribution < -0.4 is 5.73 Å². The fourth-order valence-electron chi connectivity index (χ4n) is 1.23. The maximum Gasteiger partial charge on any atom is 0.356 e. The molecule has 0 radical (unpaired) electrons. The number of rotatable bonds is 6. The first-order valence-electron chi connectivity index (χ1n) is 5.86. The van der Waals surface area contributed by atoms with Crippen molar-refractivity contribution in [2.75, 3.05) is 13.7 Å². The molecule has 5 nitrogen and oxygen atoms in total. The SMILES string of the molecule is COC(C)(C)CCOC(=O)c1ccc(CN)cn1. The highest BCUT2D eigenvalue weighted by Crippen LogP contribution is 2.13. The van der Waals surface area contributed by atoms with E-state index in [1.165, 1.54) is 0 Å².